The number of H-pyrrole nitrogens is 1. The van der Waals surface area contributed by atoms with Gasteiger partial charge in [0, 0.05) is 41.5 Å². The fourth-order valence-electron chi connectivity index (χ4n) is 3.64. The number of amides is 1. The predicted octanol–water partition coefficient (Wildman–Crippen LogP) is 3.38. The third-order valence-corrected chi connectivity index (χ3v) is 4.79. The molecule has 5 heteroatoms. The lowest BCUT2D eigenvalue weighted by Gasteiger charge is -2.23. The van der Waals surface area contributed by atoms with E-state index in [0.717, 1.165) is 24.8 Å². The molecule has 0 radical (unpaired) electrons. The normalized spacial score (nSPS) is 16.1. The Morgan fingerprint density at radius 3 is 2.85 bits per heavy atom. The van der Waals surface area contributed by atoms with E-state index in [9.17, 15) is 9.59 Å². The van der Waals surface area contributed by atoms with Gasteiger partial charge in [-0.05, 0) is 42.7 Å². The standard InChI is InChI=1S/C21H20N2O3/c1-13(24)26-16-6-4-5-14(11-16)21(25)22-15-9-10-18-17-7-2-3-8-19(17)23-20(18)12-15/h2-8,11,15,23H,9-10,12H2,1H3,(H,22,25). The molecule has 26 heavy (non-hydrogen) atoms. The molecular weight excluding hydrogens is 328 g/mol. The largest absolute Gasteiger partial charge is 0.427 e. The highest BCUT2D eigenvalue weighted by atomic mass is 16.5. The minimum atomic E-state index is -0.402. The Balaban J connectivity index is 1.48. The van der Waals surface area contributed by atoms with Crippen LogP contribution in [0.3, 0.4) is 0 Å². The van der Waals surface area contributed by atoms with Gasteiger partial charge >= 0.3 is 5.97 Å². The van der Waals surface area contributed by atoms with E-state index in [0.29, 0.717) is 11.3 Å². The third-order valence-electron chi connectivity index (χ3n) is 4.79. The van der Waals surface area contributed by atoms with Crippen LogP contribution in [-0.4, -0.2) is 22.9 Å². The van der Waals surface area contributed by atoms with Gasteiger partial charge in [-0.2, -0.15) is 0 Å². The van der Waals surface area contributed by atoms with Crippen molar-refractivity contribution >= 4 is 22.8 Å². The van der Waals surface area contributed by atoms with Crippen LogP contribution in [0.2, 0.25) is 0 Å². The molecule has 0 saturated carbocycles. The minimum absolute atomic E-state index is 0.0837. The summed E-state index contributed by atoms with van der Waals surface area (Å²) in [5.41, 5.74) is 4.21. The first-order valence-electron chi connectivity index (χ1n) is 8.78. The Hall–Kier alpha value is -3.08. The molecule has 4 rings (SSSR count). The Bertz CT molecular complexity index is 990. The number of benzene rings is 2. The summed E-state index contributed by atoms with van der Waals surface area (Å²) in [5.74, 6) is -0.170. The van der Waals surface area contributed by atoms with Crippen LogP contribution in [0.5, 0.6) is 5.75 Å². The predicted molar refractivity (Wildman–Crippen MR) is 99.3 cm³/mol. The van der Waals surface area contributed by atoms with Crippen molar-refractivity contribution in [3.05, 3.63) is 65.4 Å². The lowest BCUT2D eigenvalue weighted by atomic mass is 9.91. The minimum Gasteiger partial charge on any atom is -0.427 e. The molecule has 1 heterocycles. The highest BCUT2D eigenvalue weighted by molar-refractivity contribution is 5.95. The number of aromatic amines is 1. The molecule has 132 valence electrons. The number of para-hydroxylation sites is 1. The highest BCUT2D eigenvalue weighted by Gasteiger charge is 2.24. The molecule has 2 aromatic carbocycles. The fraction of sp³-hybridized carbons (Fsp3) is 0.238. The highest BCUT2D eigenvalue weighted by Crippen LogP contribution is 2.29. The van der Waals surface area contributed by atoms with Crippen molar-refractivity contribution in [2.75, 3.05) is 0 Å². The molecule has 0 spiro atoms. The Morgan fingerprint density at radius 1 is 1.15 bits per heavy atom. The van der Waals surface area contributed by atoms with Crippen molar-refractivity contribution in [3.63, 3.8) is 0 Å². The molecule has 5 nitrogen and oxygen atoms in total. The average Bonchev–Trinajstić information content (AvgIpc) is 2.99. The zero-order chi connectivity index (χ0) is 18.1. The van der Waals surface area contributed by atoms with E-state index in [1.54, 1.807) is 24.3 Å². The number of rotatable bonds is 3. The smallest absolute Gasteiger partial charge is 0.308 e. The molecule has 1 aliphatic rings. The molecule has 1 amide bonds. The second-order valence-corrected chi connectivity index (χ2v) is 6.66. The van der Waals surface area contributed by atoms with Crippen LogP contribution in [0, 0.1) is 0 Å². The van der Waals surface area contributed by atoms with E-state index in [2.05, 4.69) is 28.5 Å². The van der Waals surface area contributed by atoms with E-state index in [4.69, 9.17) is 4.74 Å². The van der Waals surface area contributed by atoms with Gasteiger partial charge in [0.2, 0.25) is 0 Å². The number of aryl methyl sites for hydroxylation is 1. The van der Waals surface area contributed by atoms with Gasteiger partial charge in [0.15, 0.2) is 0 Å². The van der Waals surface area contributed by atoms with Crippen molar-refractivity contribution in [2.45, 2.75) is 32.2 Å². The van der Waals surface area contributed by atoms with Gasteiger partial charge < -0.3 is 15.0 Å². The summed E-state index contributed by atoms with van der Waals surface area (Å²) in [5, 5.41) is 4.38. The summed E-state index contributed by atoms with van der Waals surface area (Å²) in [6, 6.07) is 15.1. The molecular formula is C21H20N2O3. The van der Waals surface area contributed by atoms with Gasteiger partial charge in [0.1, 0.15) is 5.75 Å². The number of ether oxygens (including phenoxy) is 1. The first kappa shape index (κ1) is 16.4. The van der Waals surface area contributed by atoms with Crippen LogP contribution in [0.4, 0.5) is 0 Å². The van der Waals surface area contributed by atoms with E-state index < -0.39 is 5.97 Å². The number of nitrogens with one attached hydrogen (secondary N) is 2. The van der Waals surface area contributed by atoms with Crippen LogP contribution in [0.15, 0.2) is 48.5 Å². The molecule has 0 bridgehead atoms. The van der Waals surface area contributed by atoms with Crippen LogP contribution in [-0.2, 0) is 17.6 Å². The summed E-state index contributed by atoms with van der Waals surface area (Å²) < 4.78 is 5.05. The molecule has 1 unspecified atom stereocenters. The number of aromatic nitrogens is 1. The topological polar surface area (TPSA) is 71.2 Å². The van der Waals surface area contributed by atoms with Crippen LogP contribution < -0.4 is 10.1 Å². The van der Waals surface area contributed by atoms with Crippen molar-refractivity contribution in [1.29, 1.82) is 0 Å². The molecule has 1 aliphatic carbocycles. The zero-order valence-corrected chi connectivity index (χ0v) is 14.5. The first-order chi connectivity index (χ1) is 12.6. The zero-order valence-electron chi connectivity index (χ0n) is 14.5. The second-order valence-electron chi connectivity index (χ2n) is 6.66. The first-order valence-corrected chi connectivity index (χ1v) is 8.78. The SMILES string of the molecule is CC(=O)Oc1cccc(C(=O)NC2CCc3c([nH]c4ccccc34)C2)c1. The number of carbonyl (C=O) groups excluding carboxylic acids is 2. The van der Waals surface area contributed by atoms with Gasteiger partial charge in [0.05, 0.1) is 0 Å². The number of hydrogen-bond acceptors (Lipinski definition) is 3. The summed E-state index contributed by atoms with van der Waals surface area (Å²) >= 11 is 0. The van der Waals surface area contributed by atoms with Crippen LogP contribution in [0.1, 0.15) is 35.0 Å². The summed E-state index contributed by atoms with van der Waals surface area (Å²) in [6.45, 7) is 1.34. The molecule has 0 saturated heterocycles. The maximum atomic E-state index is 12.6. The molecule has 0 aliphatic heterocycles. The van der Waals surface area contributed by atoms with Crippen molar-refractivity contribution in [3.8, 4) is 5.75 Å². The number of fused-ring (bicyclic) bond motifs is 3. The second kappa shape index (κ2) is 6.67. The molecule has 1 aromatic heterocycles. The van der Waals surface area contributed by atoms with Gasteiger partial charge in [-0.25, -0.2) is 0 Å². The lowest BCUT2D eigenvalue weighted by molar-refractivity contribution is -0.131. The van der Waals surface area contributed by atoms with E-state index in [1.165, 1.54) is 23.6 Å². The van der Waals surface area contributed by atoms with Crippen molar-refractivity contribution in [2.24, 2.45) is 0 Å². The number of esters is 1. The van der Waals surface area contributed by atoms with Gasteiger partial charge in [-0.15, -0.1) is 0 Å². The molecule has 1 atom stereocenters. The average molecular weight is 348 g/mol. The van der Waals surface area contributed by atoms with Crippen molar-refractivity contribution < 1.29 is 14.3 Å². The van der Waals surface area contributed by atoms with E-state index in [1.807, 2.05) is 6.07 Å². The molecule has 0 fully saturated rings. The number of carbonyl (C=O) groups is 2. The fourth-order valence-corrected chi connectivity index (χ4v) is 3.64. The summed E-state index contributed by atoms with van der Waals surface area (Å²) in [6.07, 6.45) is 2.64. The van der Waals surface area contributed by atoms with Gasteiger partial charge in [-0.1, -0.05) is 24.3 Å². The van der Waals surface area contributed by atoms with Crippen molar-refractivity contribution in [1.82, 2.24) is 10.3 Å². The van der Waals surface area contributed by atoms with Crippen LogP contribution in [0.25, 0.3) is 10.9 Å². The van der Waals surface area contributed by atoms with Gasteiger partial charge in [0.25, 0.3) is 5.91 Å². The third kappa shape index (κ3) is 3.20. The number of hydrogen-bond donors (Lipinski definition) is 2. The van der Waals surface area contributed by atoms with Gasteiger partial charge in [-0.3, -0.25) is 9.59 Å². The lowest BCUT2D eigenvalue weighted by Crippen LogP contribution is -2.38. The Labute approximate surface area is 151 Å². The Morgan fingerprint density at radius 2 is 2.00 bits per heavy atom. The van der Waals surface area contributed by atoms with Crippen LogP contribution >= 0.6 is 0 Å². The quantitative estimate of drug-likeness (QED) is 0.563. The van der Waals surface area contributed by atoms with E-state index >= 15 is 0 Å². The molecule has 3 aromatic rings. The molecule has 2 N–H and O–H groups in total. The summed E-state index contributed by atoms with van der Waals surface area (Å²) in [4.78, 5) is 27.1. The summed E-state index contributed by atoms with van der Waals surface area (Å²) in [7, 11) is 0. The maximum absolute atomic E-state index is 12.6. The van der Waals surface area contributed by atoms with E-state index in [-0.39, 0.29) is 11.9 Å². The monoisotopic (exact) mass is 348 g/mol. The Kier molecular flexibility index (Phi) is 4.21. The maximum Gasteiger partial charge on any atom is 0.308 e.